The number of nitrogens with zero attached hydrogens (tertiary/aromatic N) is 5. The molecule has 0 unspecified atom stereocenters. The van der Waals surface area contributed by atoms with Gasteiger partial charge in [0.2, 0.25) is 0 Å². The summed E-state index contributed by atoms with van der Waals surface area (Å²) in [6.45, 7) is 1.76. The lowest BCUT2D eigenvalue weighted by Gasteiger charge is -2.24. The van der Waals surface area contributed by atoms with Crippen molar-refractivity contribution in [3.05, 3.63) is 93.3 Å². The molecule has 0 aliphatic rings. The molecule has 4 aromatic rings. The van der Waals surface area contributed by atoms with Crippen molar-refractivity contribution >= 4 is 45.8 Å². The molecule has 0 spiro atoms. The average Bonchev–Trinajstić information content (AvgIpc) is 2.94. The maximum Gasteiger partial charge on any atom is 0.303 e. The number of terminal acetylenes is 1. The number of amides is 1. The smallest absolute Gasteiger partial charge is 0.303 e. The summed E-state index contributed by atoms with van der Waals surface area (Å²) in [6.07, 6.45) is 8.92. The van der Waals surface area contributed by atoms with Crippen molar-refractivity contribution in [3.8, 4) is 12.3 Å². The SMILES string of the molecule is C#CCN(Cc1cc2c(=O)n(C)c(COC(C)=O)nc2cc1Cl)c1ccc(C(=O)N(C)c2cccnc2)cc1. The number of rotatable bonds is 8. The Balaban J connectivity index is 1.60. The Bertz CT molecular complexity index is 1630. The van der Waals surface area contributed by atoms with Crippen LogP contribution in [0.3, 0.4) is 0 Å². The predicted molar refractivity (Wildman–Crippen MR) is 151 cm³/mol. The van der Waals surface area contributed by atoms with Crippen molar-refractivity contribution in [2.45, 2.75) is 20.1 Å². The average molecular weight is 544 g/mol. The van der Waals surface area contributed by atoms with Gasteiger partial charge in [0.1, 0.15) is 12.4 Å². The fourth-order valence-electron chi connectivity index (χ4n) is 4.03. The molecule has 0 N–H and O–H groups in total. The van der Waals surface area contributed by atoms with Crippen LogP contribution in [0.25, 0.3) is 10.9 Å². The first-order chi connectivity index (χ1) is 18.7. The number of benzene rings is 2. The molecule has 2 aromatic carbocycles. The zero-order valence-electron chi connectivity index (χ0n) is 21.7. The third-order valence-corrected chi connectivity index (χ3v) is 6.55. The molecule has 0 fully saturated rings. The number of carbonyl (C=O) groups excluding carboxylic acids is 2. The van der Waals surface area contributed by atoms with Gasteiger partial charge >= 0.3 is 5.97 Å². The second-order valence-electron chi connectivity index (χ2n) is 8.82. The first-order valence-electron chi connectivity index (χ1n) is 12.0. The summed E-state index contributed by atoms with van der Waals surface area (Å²) in [4.78, 5) is 49.2. The van der Waals surface area contributed by atoms with Crippen LogP contribution in [0.1, 0.15) is 28.7 Å². The van der Waals surface area contributed by atoms with Crippen LogP contribution in [0.2, 0.25) is 5.02 Å². The lowest BCUT2D eigenvalue weighted by Crippen LogP contribution is -2.27. The van der Waals surface area contributed by atoms with E-state index in [1.165, 1.54) is 16.4 Å². The van der Waals surface area contributed by atoms with Crippen molar-refractivity contribution < 1.29 is 14.3 Å². The Morgan fingerprint density at radius 3 is 2.54 bits per heavy atom. The first-order valence-corrected chi connectivity index (χ1v) is 12.4. The van der Waals surface area contributed by atoms with Crippen molar-refractivity contribution in [2.24, 2.45) is 7.05 Å². The molecule has 0 aliphatic carbocycles. The molecule has 0 saturated carbocycles. The summed E-state index contributed by atoms with van der Waals surface area (Å²) in [7, 11) is 3.26. The lowest BCUT2D eigenvalue weighted by molar-refractivity contribution is -0.142. The second kappa shape index (κ2) is 11.8. The Morgan fingerprint density at radius 1 is 1.15 bits per heavy atom. The van der Waals surface area contributed by atoms with Gasteiger partial charge in [-0.2, -0.15) is 0 Å². The summed E-state index contributed by atoms with van der Waals surface area (Å²) in [5.41, 5.74) is 2.77. The number of fused-ring (bicyclic) bond motifs is 1. The van der Waals surface area contributed by atoms with Gasteiger partial charge in [0.05, 0.1) is 29.3 Å². The summed E-state index contributed by atoms with van der Waals surface area (Å²) in [6, 6.07) is 14.0. The van der Waals surface area contributed by atoms with Crippen LogP contribution in [0.4, 0.5) is 11.4 Å². The van der Waals surface area contributed by atoms with Gasteiger partial charge in [-0.15, -0.1) is 6.42 Å². The van der Waals surface area contributed by atoms with Crippen LogP contribution in [0, 0.1) is 12.3 Å². The number of pyridine rings is 1. The van der Waals surface area contributed by atoms with E-state index in [4.69, 9.17) is 22.8 Å². The van der Waals surface area contributed by atoms with Crippen LogP contribution in [-0.4, -0.2) is 40.0 Å². The van der Waals surface area contributed by atoms with E-state index in [2.05, 4.69) is 15.9 Å². The van der Waals surface area contributed by atoms with Gasteiger partial charge in [0.25, 0.3) is 11.5 Å². The zero-order valence-corrected chi connectivity index (χ0v) is 22.5. The summed E-state index contributed by atoms with van der Waals surface area (Å²) in [5, 5.41) is 0.789. The zero-order chi connectivity index (χ0) is 28.1. The molecule has 2 heterocycles. The number of anilines is 2. The highest BCUT2D eigenvalue weighted by molar-refractivity contribution is 6.32. The number of halogens is 1. The van der Waals surface area contributed by atoms with E-state index in [0.717, 1.165) is 5.69 Å². The normalized spacial score (nSPS) is 10.6. The Labute approximate surface area is 230 Å². The van der Waals surface area contributed by atoms with E-state index in [1.807, 2.05) is 23.1 Å². The summed E-state index contributed by atoms with van der Waals surface area (Å²) >= 11 is 6.60. The molecule has 0 bridgehead atoms. The van der Waals surface area contributed by atoms with E-state index >= 15 is 0 Å². The minimum absolute atomic E-state index is 0.122. The maximum atomic E-state index is 13.1. The topological polar surface area (TPSA) is 97.6 Å². The fraction of sp³-hybridized carbons (Fsp3) is 0.207. The first kappa shape index (κ1) is 27.4. The number of ether oxygens (including phenoxy) is 1. The highest BCUT2D eigenvalue weighted by atomic mass is 35.5. The molecule has 198 valence electrons. The van der Waals surface area contributed by atoms with Gasteiger partial charge in [-0.3, -0.25) is 23.9 Å². The molecule has 0 aliphatic heterocycles. The van der Waals surface area contributed by atoms with Gasteiger partial charge < -0.3 is 14.5 Å². The highest BCUT2D eigenvalue weighted by Crippen LogP contribution is 2.26. The van der Waals surface area contributed by atoms with Crippen molar-refractivity contribution in [1.82, 2.24) is 14.5 Å². The number of hydrogen-bond donors (Lipinski definition) is 0. The molecule has 1 amide bonds. The molecule has 10 heteroatoms. The number of esters is 1. The van der Waals surface area contributed by atoms with Gasteiger partial charge in [-0.25, -0.2) is 4.98 Å². The molecular formula is C29H26ClN5O4. The Hall–Kier alpha value is -4.68. The van der Waals surface area contributed by atoms with Gasteiger partial charge in [-0.05, 0) is 54.1 Å². The van der Waals surface area contributed by atoms with E-state index in [9.17, 15) is 14.4 Å². The van der Waals surface area contributed by atoms with Gasteiger partial charge in [0.15, 0.2) is 0 Å². The van der Waals surface area contributed by atoms with Crippen molar-refractivity contribution in [2.75, 3.05) is 23.4 Å². The Morgan fingerprint density at radius 2 is 1.90 bits per heavy atom. The number of carbonyl (C=O) groups is 2. The van der Waals surface area contributed by atoms with Crippen LogP contribution in [-0.2, 0) is 29.7 Å². The standard InChI is InChI=1S/C29H26ClN5O4/c1-5-13-35(22-10-8-20(9-11-22)28(37)33(3)23-7-6-12-31-16-23)17-21-14-24-26(15-25(21)30)32-27(18-39-19(2)36)34(4)29(24)38/h1,6-12,14-16H,13,17-18H2,2-4H3. The number of aromatic nitrogens is 3. The summed E-state index contributed by atoms with van der Waals surface area (Å²) in [5.74, 6) is 2.32. The monoisotopic (exact) mass is 543 g/mol. The third kappa shape index (κ3) is 6.08. The van der Waals surface area contributed by atoms with Crippen LogP contribution >= 0.6 is 11.6 Å². The van der Waals surface area contributed by atoms with E-state index in [0.29, 0.717) is 45.1 Å². The molecule has 0 radical (unpaired) electrons. The number of hydrogen-bond acceptors (Lipinski definition) is 7. The van der Waals surface area contributed by atoms with E-state index in [-0.39, 0.29) is 24.6 Å². The van der Waals surface area contributed by atoms with Crippen molar-refractivity contribution in [1.29, 1.82) is 0 Å². The molecule has 9 nitrogen and oxygen atoms in total. The molecular weight excluding hydrogens is 518 g/mol. The predicted octanol–water partition coefficient (Wildman–Crippen LogP) is 3.96. The van der Waals surface area contributed by atoms with E-state index in [1.54, 1.807) is 56.8 Å². The highest BCUT2D eigenvalue weighted by Gasteiger charge is 2.17. The third-order valence-electron chi connectivity index (χ3n) is 6.20. The van der Waals surface area contributed by atoms with Crippen LogP contribution < -0.4 is 15.4 Å². The van der Waals surface area contributed by atoms with Crippen molar-refractivity contribution in [3.63, 3.8) is 0 Å². The molecule has 39 heavy (non-hydrogen) atoms. The quantitative estimate of drug-likeness (QED) is 0.245. The molecule has 2 aromatic heterocycles. The fourth-order valence-corrected chi connectivity index (χ4v) is 4.25. The van der Waals surface area contributed by atoms with Crippen LogP contribution in [0.15, 0.2) is 65.7 Å². The maximum absolute atomic E-state index is 13.1. The largest absolute Gasteiger partial charge is 0.458 e. The molecule has 4 rings (SSSR count). The van der Waals surface area contributed by atoms with Crippen LogP contribution in [0.5, 0.6) is 0 Å². The molecule has 0 atom stereocenters. The lowest BCUT2D eigenvalue weighted by atomic mass is 10.1. The molecule has 0 saturated heterocycles. The van der Waals surface area contributed by atoms with E-state index < -0.39 is 5.97 Å². The minimum Gasteiger partial charge on any atom is -0.458 e. The Kier molecular flexibility index (Phi) is 8.27. The van der Waals surface area contributed by atoms with Gasteiger partial charge in [-0.1, -0.05) is 17.5 Å². The summed E-state index contributed by atoms with van der Waals surface area (Å²) < 4.78 is 6.36. The second-order valence-corrected chi connectivity index (χ2v) is 9.22. The van der Waals surface area contributed by atoms with Gasteiger partial charge in [0, 0.05) is 50.0 Å². The minimum atomic E-state index is -0.468.